The molecule has 8 rings (SSSR count). The Bertz CT molecular complexity index is 3170. The molecule has 32 heteroatoms. The molecule has 0 bridgehead atoms. The van der Waals surface area contributed by atoms with E-state index in [-0.39, 0.29) is 140 Å². The Morgan fingerprint density at radius 2 is 1.12 bits per heavy atom. The summed E-state index contributed by atoms with van der Waals surface area (Å²) in [6.45, 7) is 33.4. The van der Waals surface area contributed by atoms with Crippen LogP contribution in [-0.2, 0) is 81.9 Å². The number of fused-ring (bicyclic) bond motifs is 1. The van der Waals surface area contributed by atoms with Gasteiger partial charge >= 0.3 is 89.5 Å². The van der Waals surface area contributed by atoms with Crippen LogP contribution in [0.25, 0.3) is 0 Å². The van der Waals surface area contributed by atoms with Crippen molar-refractivity contribution in [3.63, 3.8) is 0 Å². The average molecular weight is 1590 g/mol. The van der Waals surface area contributed by atoms with Crippen molar-refractivity contribution >= 4 is 76.9 Å². The molecule has 0 radical (unpaired) electrons. The number of nitrogens with zero attached hydrogens (tertiary/aromatic N) is 3. The van der Waals surface area contributed by atoms with Crippen molar-refractivity contribution in [1.29, 1.82) is 0 Å². The number of aldehydes is 2. The number of methoxy groups -OCH3 is 2. The average Bonchev–Trinajstić information content (AvgIpc) is 1.63. The molecule has 3 aromatic carbocycles. The van der Waals surface area contributed by atoms with Crippen LogP contribution in [0.4, 0.5) is 14.4 Å². The SMILES string of the molecule is C.C=CC(=O)OC.CC(C)(C)OC(=O)OC(=O)OC(C)(C)C.CCC=O.COC(=O)CCC(C)C=O.C[C@H]1CCC(=O)N(C(=O)OC(C)(C)C)C1.C[C@H]1CCC(=O)N([C@@H](CO)c2ccccc2)C1.C[C@H]1CCC(=O)N2C1OC[C@H]2c1ccccc1.C[C@H]1CCC(=O)NC1.N[C@@H](CO)c1ccccc1.O=S(=O)([O-])[O-].[Na+].[Na+]. The van der Waals surface area contributed by atoms with Crippen LogP contribution in [0.1, 0.15) is 217 Å². The van der Waals surface area contributed by atoms with Crippen LogP contribution in [0.3, 0.4) is 0 Å². The fraction of sp³-hybridized carbons (Fsp3) is 0.603. The van der Waals surface area contributed by atoms with E-state index in [9.17, 15) is 57.8 Å². The van der Waals surface area contributed by atoms with Gasteiger partial charge in [-0.3, -0.25) is 32.4 Å². The first kappa shape index (κ1) is 112. The molecule has 5 aliphatic heterocycles. The van der Waals surface area contributed by atoms with E-state index in [2.05, 4.69) is 59.0 Å². The van der Waals surface area contributed by atoms with Gasteiger partial charge in [-0.2, -0.15) is 0 Å². The summed E-state index contributed by atoms with van der Waals surface area (Å²) in [5.74, 6) is 1.81. The molecule has 0 aliphatic carbocycles. The predicted octanol–water partition coefficient (Wildman–Crippen LogP) is 5.61. The van der Waals surface area contributed by atoms with E-state index >= 15 is 0 Å². The van der Waals surface area contributed by atoms with Crippen molar-refractivity contribution in [3.8, 4) is 0 Å². The normalized spacial score (nSPS) is 18.8. The maximum atomic E-state index is 12.1. The predicted molar refractivity (Wildman–Crippen MR) is 405 cm³/mol. The van der Waals surface area contributed by atoms with Crippen LogP contribution in [0.5, 0.6) is 0 Å². The van der Waals surface area contributed by atoms with E-state index in [1.807, 2.05) is 103 Å². The Kier molecular flexibility index (Phi) is 61.3. The Labute approximate surface area is 697 Å². The summed E-state index contributed by atoms with van der Waals surface area (Å²) in [6.07, 6.45) is 7.98. The number of rotatable bonds is 12. The van der Waals surface area contributed by atoms with Crippen LogP contribution in [-0.4, -0.2) is 186 Å². The fourth-order valence-electron chi connectivity index (χ4n) is 9.61. The number of piperidine rings is 4. The van der Waals surface area contributed by atoms with Gasteiger partial charge in [0, 0.05) is 86.5 Å². The van der Waals surface area contributed by atoms with Gasteiger partial charge < -0.3 is 82.9 Å². The Hall–Kier alpha value is -6.52. The molecule has 5 aliphatic rings. The van der Waals surface area contributed by atoms with Crippen molar-refractivity contribution in [2.75, 3.05) is 53.7 Å². The molecule has 0 spiro atoms. The number of aliphatic hydroxyl groups excluding tert-OH is 2. The molecule has 0 aromatic heterocycles. The van der Waals surface area contributed by atoms with Crippen LogP contribution < -0.4 is 70.2 Å². The maximum Gasteiger partial charge on any atom is 1.00 e. The number of hydrogen-bond donors (Lipinski definition) is 4. The molecule has 5 heterocycles. The zero-order chi connectivity index (χ0) is 82.3. The molecule has 0 saturated carbocycles. The summed E-state index contributed by atoms with van der Waals surface area (Å²) in [7, 11) is -2.52. The molecule has 110 heavy (non-hydrogen) atoms. The van der Waals surface area contributed by atoms with Crippen molar-refractivity contribution in [3.05, 3.63) is 120 Å². The standard InChI is InChI=1S/C14H17NO2.C14H19NO2.C11H19NO3.C10H18O5.C8H11NO.C7H12O3.C6H11NO.C4H6O2.C3H6O.CH4.2Na.H2O4S/c1-10-7-8-13(16)15-12(9-17-14(10)15)11-5-3-2-4-6-11;1-11-7-8-14(17)15(9-11)13(10-16)12-5-3-2-4-6-12;1-8-5-6-9(13)12(7-8)10(14)15-11(2,3)4;1-9(2,3)14-7(11)13-8(12)15-10(4,5)6;9-8(6-10)7-4-2-1-3-5-7;1-6(5-8)3-4-7(9)10-2;1-5-2-3-6(8)7-4-5;1-3-4(5)6-2;1-2-3-4;;;;1-5(2,3)4/h2-6,10,12,14H,7-9H2,1H3;2-6,11,13,16H,7-10H2,1H3;8H,5-7H2,1-4H3;1-6H3;1-5,8,10H,6,9H2;5-6H,3-4H2,1-2H3;5H,2-4H2,1H3,(H,7,8);3H,1H2,2H3;3H,2H2,1H3;1H4;;;(H2,1,2,3,4)/q;;;;;;;;;;2*+1;/p-2/t10-,12-,14?;11-,13-;8-;;8-;;5-;;;;;;/m000.0.0....../s1. The molecule has 5 fully saturated rings. The zero-order valence-electron chi connectivity index (χ0n) is 67.5. The van der Waals surface area contributed by atoms with Crippen LogP contribution in [0, 0.1) is 29.6 Å². The third-order valence-electron chi connectivity index (χ3n) is 15.2. The quantitative estimate of drug-likeness (QED) is 0.0250. The molecule has 3 aromatic rings. The monoisotopic (exact) mass is 1590 g/mol. The number of nitrogens with one attached hydrogen (secondary N) is 1. The number of benzene rings is 3. The third-order valence-corrected chi connectivity index (χ3v) is 15.2. The van der Waals surface area contributed by atoms with Gasteiger partial charge in [0.25, 0.3) is 0 Å². The van der Waals surface area contributed by atoms with Gasteiger partial charge in [0.05, 0.1) is 52.2 Å². The molecule has 29 nitrogen and oxygen atoms in total. The third kappa shape index (κ3) is 55.0. The second-order valence-corrected chi connectivity index (χ2v) is 29.3. The van der Waals surface area contributed by atoms with Crippen molar-refractivity contribution in [1.82, 2.24) is 20.0 Å². The van der Waals surface area contributed by atoms with Gasteiger partial charge in [-0.25, -0.2) is 24.1 Å². The van der Waals surface area contributed by atoms with Crippen molar-refractivity contribution in [2.45, 2.75) is 223 Å². The number of amides is 5. The Morgan fingerprint density at radius 1 is 0.673 bits per heavy atom. The Morgan fingerprint density at radius 3 is 1.51 bits per heavy atom. The minimum Gasteiger partial charge on any atom is -0.759 e. The Balaban J connectivity index is -0.000000380. The first-order chi connectivity index (χ1) is 49.8. The number of carbonyl (C=O) groups is 11. The number of nitrogens with two attached hydrogens (primary N) is 1. The summed E-state index contributed by atoms with van der Waals surface area (Å²) in [5, 5.41) is 21.0. The molecular weight excluding hydrogens is 1470 g/mol. The van der Waals surface area contributed by atoms with Gasteiger partial charge in [0.15, 0.2) is 0 Å². The van der Waals surface area contributed by atoms with E-state index in [0.29, 0.717) is 75.3 Å². The summed E-state index contributed by atoms with van der Waals surface area (Å²) < 4.78 is 67.4. The smallest absolute Gasteiger partial charge is 0.759 e. The largest absolute Gasteiger partial charge is 1.00 e. The molecule has 5 saturated heterocycles. The van der Waals surface area contributed by atoms with Gasteiger partial charge in [0.1, 0.15) is 35.6 Å². The van der Waals surface area contributed by atoms with Crippen LogP contribution in [0.15, 0.2) is 104 Å². The van der Waals surface area contributed by atoms with E-state index in [0.717, 1.165) is 75.0 Å². The first-order valence-electron chi connectivity index (χ1n) is 35.5. The number of aliphatic hydroxyl groups is 2. The molecule has 9 atom stereocenters. The topological polar surface area (TPSA) is 421 Å². The first-order valence-corrected chi connectivity index (χ1v) is 36.8. The molecule has 2 unspecified atom stereocenters. The molecule has 612 valence electrons. The van der Waals surface area contributed by atoms with Crippen molar-refractivity contribution < 1.29 is 173 Å². The second kappa shape index (κ2) is 60.1. The van der Waals surface area contributed by atoms with E-state index in [4.69, 9.17) is 47.3 Å². The minimum atomic E-state index is -5.17. The number of imide groups is 1. The summed E-state index contributed by atoms with van der Waals surface area (Å²) >= 11 is 0. The van der Waals surface area contributed by atoms with Gasteiger partial charge in [-0.05, 0) is 129 Å². The number of carbonyl (C=O) groups excluding carboxylic acids is 11. The van der Waals surface area contributed by atoms with Crippen molar-refractivity contribution in [2.24, 2.45) is 35.3 Å². The summed E-state index contributed by atoms with van der Waals surface area (Å²) in [6, 6.07) is 29.2. The second-order valence-electron chi connectivity index (χ2n) is 28.5. The number of likely N-dealkylation sites (tertiary alicyclic amines) is 2. The van der Waals surface area contributed by atoms with Crippen LogP contribution in [0.2, 0.25) is 0 Å². The molecule has 5 N–H and O–H groups in total. The maximum absolute atomic E-state index is 12.1. The summed E-state index contributed by atoms with van der Waals surface area (Å²) in [5.41, 5.74) is 6.78. The number of esters is 2. The molecule has 5 amide bonds. The van der Waals surface area contributed by atoms with E-state index < -0.39 is 51.6 Å². The number of ether oxygens (including phenoxy) is 7. The van der Waals surface area contributed by atoms with E-state index in [1.54, 1.807) is 69.2 Å². The van der Waals surface area contributed by atoms with Gasteiger partial charge in [-0.15, -0.1) is 0 Å². The van der Waals surface area contributed by atoms with E-state index in [1.165, 1.54) is 24.7 Å². The molecular formula is C78H123N5Na2O24S. The van der Waals surface area contributed by atoms with Gasteiger partial charge in [-0.1, -0.05) is 147 Å². The summed E-state index contributed by atoms with van der Waals surface area (Å²) in [4.78, 5) is 124. The zero-order valence-corrected chi connectivity index (χ0v) is 72.3. The van der Waals surface area contributed by atoms with Crippen LogP contribution >= 0.6 is 0 Å². The fourth-order valence-corrected chi connectivity index (χ4v) is 9.61. The minimum absolute atomic E-state index is 0. The van der Waals surface area contributed by atoms with Gasteiger partial charge in [0.2, 0.25) is 23.6 Å². The number of hydrogen-bond acceptors (Lipinski definition) is 25.